The number of amides is 1. The van der Waals surface area contributed by atoms with Crippen LogP contribution in [-0.4, -0.2) is 14.2 Å². The maximum absolute atomic E-state index is 12.5. The first-order valence-electron chi connectivity index (χ1n) is 11.0. The van der Waals surface area contributed by atoms with Gasteiger partial charge in [-0.05, 0) is 28.3 Å². The molecular weight excluding hydrogens is 390 g/mol. The third-order valence-corrected chi connectivity index (χ3v) is 12.3. The predicted molar refractivity (Wildman–Crippen MR) is 124 cm³/mol. The predicted octanol–water partition coefficient (Wildman–Crippen LogP) is 6.52. The molecule has 30 heavy (non-hydrogen) atoms. The summed E-state index contributed by atoms with van der Waals surface area (Å²) < 4.78 is 13.3. The smallest absolute Gasteiger partial charge is 0.258 e. The summed E-state index contributed by atoms with van der Waals surface area (Å²) in [6.07, 6.45) is -0.460. The van der Waals surface area contributed by atoms with Crippen molar-refractivity contribution in [1.82, 2.24) is 5.32 Å². The first-order valence-corrected chi connectivity index (χ1v) is 13.2. The van der Waals surface area contributed by atoms with Gasteiger partial charge in [-0.1, -0.05) is 90.1 Å². The van der Waals surface area contributed by atoms with E-state index in [0.717, 1.165) is 16.9 Å². The van der Waals surface area contributed by atoms with Gasteiger partial charge in [-0.3, -0.25) is 4.79 Å². The van der Waals surface area contributed by atoms with E-state index in [1.807, 2.05) is 54.6 Å². The van der Waals surface area contributed by atoms with Gasteiger partial charge in [0.15, 0.2) is 6.23 Å². The number of carbonyl (C=O) groups excluding carboxylic acids is 1. The highest BCUT2D eigenvalue weighted by Gasteiger charge is 2.47. The van der Waals surface area contributed by atoms with E-state index in [4.69, 9.17) is 9.16 Å². The molecule has 1 aliphatic rings. The molecule has 3 rings (SSSR count). The quantitative estimate of drug-likeness (QED) is 0.514. The van der Waals surface area contributed by atoms with E-state index in [1.165, 1.54) is 0 Å². The molecule has 0 spiro atoms. The molecule has 0 aromatic heterocycles. The largest absolute Gasteiger partial charge is 0.542 e. The van der Waals surface area contributed by atoms with Crippen LogP contribution in [0.25, 0.3) is 0 Å². The molecule has 4 nitrogen and oxygen atoms in total. The van der Waals surface area contributed by atoms with E-state index in [1.54, 1.807) is 0 Å². The lowest BCUT2D eigenvalue weighted by atomic mass is 10.0. The fraction of sp³-hybridized carbons (Fsp3) is 0.480. The molecule has 1 aliphatic heterocycles. The molecule has 2 aromatic rings. The van der Waals surface area contributed by atoms with E-state index in [2.05, 4.69) is 46.9 Å². The highest BCUT2D eigenvalue weighted by atomic mass is 28.4. The minimum absolute atomic E-state index is 0.00464. The second-order valence-corrected chi connectivity index (χ2v) is 14.5. The van der Waals surface area contributed by atoms with Crippen molar-refractivity contribution < 1.29 is 14.0 Å². The lowest BCUT2D eigenvalue weighted by Gasteiger charge is -2.43. The number of nitrogens with one attached hydrogen (secondary N) is 1. The Morgan fingerprint density at radius 1 is 0.900 bits per heavy atom. The Morgan fingerprint density at radius 2 is 1.47 bits per heavy atom. The third-order valence-electron chi connectivity index (χ3n) is 6.33. The molecule has 1 saturated heterocycles. The van der Waals surface area contributed by atoms with Gasteiger partial charge >= 0.3 is 0 Å². The molecule has 0 bridgehead atoms. The number of carbonyl (C=O) groups is 1. The number of hydrogen-bond donors (Lipinski definition) is 1. The van der Waals surface area contributed by atoms with Crippen LogP contribution in [0.3, 0.4) is 0 Å². The molecular formula is C25H35NO3Si. The molecule has 0 aliphatic carbocycles. The summed E-state index contributed by atoms with van der Waals surface area (Å²) >= 11 is 0. The normalized spacial score (nSPS) is 20.0. The molecule has 5 heteroatoms. The Morgan fingerprint density at radius 3 is 2.07 bits per heavy atom. The van der Waals surface area contributed by atoms with E-state index in [9.17, 15) is 4.79 Å². The SMILES string of the molecule is CC(C)[Si](Oc1ccccc1[C@H]1NC(=O)C[C@@H](c2ccccc2)O1)(C(C)C)C(C)C. The Bertz CT molecular complexity index is 829. The molecule has 162 valence electrons. The zero-order chi connectivity index (χ0) is 21.9. The van der Waals surface area contributed by atoms with Gasteiger partial charge in [0.1, 0.15) is 5.75 Å². The first kappa shape index (κ1) is 22.6. The number of ether oxygens (including phenoxy) is 1. The van der Waals surface area contributed by atoms with Crippen LogP contribution in [0.5, 0.6) is 5.75 Å². The monoisotopic (exact) mass is 425 g/mol. The molecule has 1 heterocycles. The minimum Gasteiger partial charge on any atom is -0.542 e. The van der Waals surface area contributed by atoms with Crippen molar-refractivity contribution in [2.75, 3.05) is 0 Å². The van der Waals surface area contributed by atoms with Gasteiger partial charge in [-0.2, -0.15) is 0 Å². The first-order chi connectivity index (χ1) is 14.3. The van der Waals surface area contributed by atoms with Gasteiger partial charge in [0.2, 0.25) is 5.91 Å². The van der Waals surface area contributed by atoms with Gasteiger partial charge in [0.05, 0.1) is 12.5 Å². The summed E-state index contributed by atoms with van der Waals surface area (Å²) in [5.74, 6) is 0.828. The van der Waals surface area contributed by atoms with Crippen LogP contribution in [0, 0.1) is 0 Å². The fourth-order valence-electron chi connectivity index (χ4n) is 4.97. The van der Waals surface area contributed by atoms with Crippen molar-refractivity contribution in [3.05, 3.63) is 65.7 Å². The van der Waals surface area contributed by atoms with Gasteiger partial charge in [0, 0.05) is 5.56 Å². The lowest BCUT2D eigenvalue weighted by Crippen LogP contribution is -2.51. The maximum Gasteiger partial charge on any atom is 0.258 e. The van der Waals surface area contributed by atoms with E-state index in [0.29, 0.717) is 23.0 Å². The second-order valence-electron chi connectivity index (χ2n) is 9.14. The van der Waals surface area contributed by atoms with Crippen molar-refractivity contribution in [2.45, 2.75) is 76.9 Å². The standard InChI is InChI=1S/C25H35NO3Si/c1-17(2)30(18(3)4,19(5)6)29-22-15-11-10-14-21(22)25-26-24(27)16-23(28-25)20-12-8-7-9-13-20/h7-15,17-19,23,25H,16H2,1-6H3,(H,26,27)/t23-,25-/m0/s1. The Kier molecular flexibility index (Phi) is 7.04. The van der Waals surface area contributed by atoms with Crippen LogP contribution >= 0.6 is 0 Å². The van der Waals surface area contributed by atoms with Crippen molar-refractivity contribution >= 4 is 14.2 Å². The third kappa shape index (κ3) is 4.47. The zero-order valence-electron chi connectivity index (χ0n) is 19.0. The van der Waals surface area contributed by atoms with Gasteiger partial charge in [-0.25, -0.2) is 0 Å². The van der Waals surface area contributed by atoms with Crippen LogP contribution < -0.4 is 9.74 Å². The maximum atomic E-state index is 12.5. The number of benzene rings is 2. The Labute approximate surface area is 182 Å². The fourth-order valence-corrected chi connectivity index (χ4v) is 10.2. The average Bonchev–Trinajstić information content (AvgIpc) is 2.71. The molecule has 0 saturated carbocycles. The molecule has 1 N–H and O–H groups in total. The van der Waals surface area contributed by atoms with Crippen LogP contribution in [0.1, 0.15) is 71.4 Å². The van der Waals surface area contributed by atoms with E-state index in [-0.39, 0.29) is 12.0 Å². The number of rotatable bonds is 7. The Balaban J connectivity index is 1.95. The van der Waals surface area contributed by atoms with Crippen molar-refractivity contribution in [1.29, 1.82) is 0 Å². The lowest BCUT2D eigenvalue weighted by molar-refractivity contribution is -0.143. The number of para-hydroxylation sites is 1. The van der Waals surface area contributed by atoms with Crippen LogP contribution in [0.15, 0.2) is 54.6 Å². The summed E-state index contributed by atoms with van der Waals surface area (Å²) in [5, 5.41) is 3.02. The highest BCUT2D eigenvalue weighted by Crippen LogP contribution is 2.44. The summed E-state index contributed by atoms with van der Waals surface area (Å²) in [6.45, 7) is 13.7. The minimum atomic E-state index is -2.13. The van der Waals surface area contributed by atoms with Crippen LogP contribution in [-0.2, 0) is 9.53 Å². The topological polar surface area (TPSA) is 47.6 Å². The zero-order valence-corrected chi connectivity index (χ0v) is 20.0. The summed E-state index contributed by atoms with van der Waals surface area (Å²) in [4.78, 5) is 12.5. The van der Waals surface area contributed by atoms with Crippen molar-refractivity contribution in [3.8, 4) is 5.75 Å². The molecule has 1 amide bonds. The highest BCUT2D eigenvalue weighted by molar-refractivity contribution is 6.78. The molecule has 1 fully saturated rings. The molecule has 2 atom stereocenters. The van der Waals surface area contributed by atoms with Gasteiger partial charge in [-0.15, -0.1) is 0 Å². The molecule has 0 radical (unpaired) electrons. The summed E-state index contributed by atoms with van der Waals surface area (Å²) in [7, 11) is -2.13. The summed E-state index contributed by atoms with van der Waals surface area (Å²) in [6, 6.07) is 18.0. The van der Waals surface area contributed by atoms with Crippen LogP contribution in [0.4, 0.5) is 0 Å². The van der Waals surface area contributed by atoms with Crippen molar-refractivity contribution in [3.63, 3.8) is 0 Å². The Hall–Kier alpha value is -2.11. The van der Waals surface area contributed by atoms with Gasteiger partial charge in [0.25, 0.3) is 8.32 Å². The number of hydrogen-bond acceptors (Lipinski definition) is 3. The second kappa shape index (κ2) is 9.35. The van der Waals surface area contributed by atoms with E-state index >= 15 is 0 Å². The van der Waals surface area contributed by atoms with E-state index < -0.39 is 14.5 Å². The van der Waals surface area contributed by atoms with Gasteiger partial charge < -0.3 is 14.5 Å². The van der Waals surface area contributed by atoms with Crippen molar-refractivity contribution in [2.24, 2.45) is 0 Å². The molecule has 0 unspecified atom stereocenters. The summed E-state index contributed by atoms with van der Waals surface area (Å²) in [5.41, 5.74) is 3.30. The molecule has 2 aromatic carbocycles. The van der Waals surface area contributed by atoms with Crippen LogP contribution in [0.2, 0.25) is 16.6 Å². The average molecular weight is 426 g/mol.